The van der Waals surface area contributed by atoms with Gasteiger partial charge >= 0.3 is 17.9 Å². The fourth-order valence-electron chi connectivity index (χ4n) is 1.86. The maximum atomic E-state index is 11.4. The Hall–Kier alpha value is -2.12. The van der Waals surface area contributed by atoms with Crippen LogP contribution in [0.3, 0.4) is 0 Å². The molecule has 0 amide bonds. The van der Waals surface area contributed by atoms with E-state index < -0.39 is 41.4 Å². The quantitative estimate of drug-likeness (QED) is 0.231. The summed E-state index contributed by atoms with van der Waals surface area (Å²) in [7, 11) is 3.40. The van der Waals surface area contributed by atoms with Crippen LogP contribution in [0.2, 0.25) is 0 Å². The minimum atomic E-state index is -0.914. The molecule has 1 fully saturated rings. The number of hydrogen-bond acceptors (Lipinski definition) is 8. The molecule has 0 bridgehead atoms. The van der Waals surface area contributed by atoms with E-state index in [0.29, 0.717) is 0 Å². The number of nitrogens with zero attached hydrogens (tertiary/aromatic N) is 1. The van der Waals surface area contributed by atoms with Crippen LogP contribution in [-0.2, 0) is 28.6 Å². The fraction of sp³-hybridized carbons (Fsp3) is 0.600. The summed E-state index contributed by atoms with van der Waals surface area (Å²) in [4.78, 5) is 34.2. The Morgan fingerprint density at radius 2 is 1.33 bits per heavy atom. The second-order valence-corrected chi connectivity index (χ2v) is 3.60. The number of carbonyl (C=O) groups excluding carboxylic acids is 3. The molecule has 0 unspecified atom stereocenters. The number of rotatable bonds is 4. The molecule has 0 radical (unpaired) electrons. The van der Waals surface area contributed by atoms with Crippen LogP contribution in [0.5, 0.6) is 0 Å². The SMILES string of the molecule is COC(=O)C(=NO)C1[C@@H](C(=O)OC)[C@@H]1C(=O)OC. The van der Waals surface area contributed by atoms with Crippen LogP contribution in [0.4, 0.5) is 0 Å². The molecule has 0 heterocycles. The second-order valence-electron chi connectivity index (χ2n) is 3.60. The summed E-state index contributed by atoms with van der Waals surface area (Å²) in [6, 6.07) is 0. The van der Waals surface area contributed by atoms with Crippen LogP contribution < -0.4 is 0 Å². The lowest BCUT2D eigenvalue weighted by atomic mass is 10.2. The Bertz CT molecular complexity index is 381. The first-order valence-electron chi connectivity index (χ1n) is 4.99. The van der Waals surface area contributed by atoms with E-state index in [4.69, 9.17) is 5.21 Å². The Morgan fingerprint density at radius 3 is 1.61 bits per heavy atom. The van der Waals surface area contributed by atoms with E-state index in [1.807, 2.05) is 0 Å². The third kappa shape index (κ3) is 2.27. The number of ether oxygens (including phenoxy) is 3. The van der Waals surface area contributed by atoms with E-state index in [1.54, 1.807) is 0 Å². The molecule has 1 aliphatic rings. The maximum Gasteiger partial charge on any atom is 0.356 e. The molecule has 0 aliphatic heterocycles. The van der Waals surface area contributed by atoms with Gasteiger partial charge in [0.2, 0.25) is 0 Å². The minimum Gasteiger partial charge on any atom is -0.469 e. The molecule has 1 rings (SSSR count). The monoisotopic (exact) mass is 259 g/mol. The summed E-state index contributed by atoms with van der Waals surface area (Å²) in [5, 5.41) is 11.5. The largest absolute Gasteiger partial charge is 0.469 e. The lowest BCUT2D eigenvalue weighted by molar-refractivity contribution is -0.148. The van der Waals surface area contributed by atoms with Gasteiger partial charge in [-0.2, -0.15) is 0 Å². The van der Waals surface area contributed by atoms with E-state index in [0.717, 1.165) is 21.3 Å². The van der Waals surface area contributed by atoms with E-state index in [9.17, 15) is 14.4 Å². The molecule has 1 saturated carbocycles. The van der Waals surface area contributed by atoms with Gasteiger partial charge in [-0.15, -0.1) is 0 Å². The third-order valence-electron chi connectivity index (χ3n) is 2.78. The van der Waals surface area contributed by atoms with Crippen molar-refractivity contribution < 1.29 is 33.8 Å². The average molecular weight is 259 g/mol. The van der Waals surface area contributed by atoms with Gasteiger partial charge in [0, 0.05) is 5.92 Å². The summed E-state index contributed by atoms with van der Waals surface area (Å²) >= 11 is 0. The Kier molecular flexibility index (Phi) is 4.24. The summed E-state index contributed by atoms with van der Waals surface area (Å²) < 4.78 is 13.4. The Balaban J connectivity index is 2.96. The van der Waals surface area contributed by atoms with Crippen LogP contribution >= 0.6 is 0 Å². The standard InChI is InChI=1S/C10H13NO7/c1-16-8(12)5-4(6(5)9(13)17-2)7(11-15)10(14)18-3/h4-6,15H,1-3H3/t5-,6-/m1/s1. The number of esters is 3. The highest BCUT2D eigenvalue weighted by Crippen LogP contribution is 2.49. The Labute approximate surface area is 102 Å². The smallest absolute Gasteiger partial charge is 0.356 e. The molecule has 8 nitrogen and oxygen atoms in total. The zero-order chi connectivity index (χ0) is 13.9. The predicted molar refractivity (Wildman–Crippen MR) is 55.7 cm³/mol. The molecule has 2 atom stereocenters. The number of oxime groups is 1. The average Bonchev–Trinajstić information content (AvgIpc) is 3.12. The fourth-order valence-corrected chi connectivity index (χ4v) is 1.86. The Morgan fingerprint density at radius 1 is 0.889 bits per heavy atom. The summed E-state index contributed by atoms with van der Waals surface area (Å²) in [5.41, 5.74) is -0.400. The van der Waals surface area contributed by atoms with Crippen LogP contribution in [-0.4, -0.2) is 50.2 Å². The first-order chi connectivity index (χ1) is 8.53. The van der Waals surface area contributed by atoms with Gasteiger partial charge in [-0.25, -0.2) is 4.79 Å². The van der Waals surface area contributed by atoms with Gasteiger partial charge < -0.3 is 19.4 Å². The van der Waals surface area contributed by atoms with Gasteiger partial charge in [0.1, 0.15) is 0 Å². The topological polar surface area (TPSA) is 111 Å². The van der Waals surface area contributed by atoms with E-state index >= 15 is 0 Å². The molecule has 100 valence electrons. The lowest BCUT2D eigenvalue weighted by Crippen LogP contribution is -2.21. The summed E-state index contributed by atoms with van der Waals surface area (Å²) in [6.45, 7) is 0. The van der Waals surface area contributed by atoms with E-state index in [1.165, 1.54) is 0 Å². The van der Waals surface area contributed by atoms with E-state index in [2.05, 4.69) is 19.4 Å². The highest BCUT2D eigenvalue weighted by molar-refractivity contribution is 6.39. The molecule has 0 aromatic heterocycles. The van der Waals surface area contributed by atoms with Crippen molar-refractivity contribution in [2.45, 2.75) is 0 Å². The van der Waals surface area contributed by atoms with Crippen molar-refractivity contribution in [2.24, 2.45) is 22.9 Å². The van der Waals surface area contributed by atoms with Gasteiger partial charge in [-0.3, -0.25) is 9.59 Å². The summed E-state index contributed by atoms with van der Waals surface area (Å²) in [5.74, 6) is -4.95. The number of carbonyl (C=O) groups is 3. The summed E-state index contributed by atoms with van der Waals surface area (Å²) in [6.07, 6.45) is 0. The molecular weight excluding hydrogens is 246 g/mol. The van der Waals surface area contributed by atoms with Crippen LogP contribution in [0.1, 0.15) is 0 Å². The van der Waals surface area contributed by atoms with Crippen molar-refractivity contribution >= 4 is 23.6 Å². The third-order valence-corrected chi connectivity index (χ3v) is 2.78. The number of methoxy groups -OCH3 is 3. The predicted octanol–water partition coefficient (Wildman–Crippen LogP) is -0.802. The molecular formula is C10H13NO7. The highest BCUT2D eigenvalue weighted by atomic mass is 16.5. The molecule has 1 N–H and O–H groups in total. The maximum absolute atomic E-state index is 11.4. The van der Waals surface area contributed by atoms with Gasteiger partial charge in [-0.1, -0.05) is 5.16 Å². The minimum absolute atomic E-state index is 0.400. The van der Waals surface area contributed by atoms with Crippen molar-refractivity contribution in [3.05, 3.63) is 0 Å². The first kappa shape index (κ1) is 13.9. The zero-order valence-corrected chi connectivity index (χ0v) is 10.1. The van der Waals surface area contributed by atoms with Crippen LogP contribution in [0, 0.1) is 17.8 Å². The molecule has 8 heteroatoms. The van der Waals surface area contributed by atoms with Crippen molar-refractivity contribution in [3.8, 4) is 0 Å². The van der Waals surface area contributed by atoms with Crippen LogP contribution in [0.15, 0.2) is 5.16 Å². The molecule has 0 aromatic carbocycles. The van der Waals surface area contributed by atoms with Crippen molar-refractivity contribution in [1.29, 1.82) is 0 Å². The molecule has 1 aliphatic carbocycles. The normalized spacial score (nSPS) is 26.2. The van der Waals surface area contributed by atoms with Gasteiger partial charge in [0.05, 0.1) is 33.2 Å². The molecule has 0 saturated heterocycles. The number of hydrogen-bond donors (Lipinski definition) is 1. The molecule has 18 heavy (non-hydrogen) atoms. The van der Waals surface area contributed by atoms with E-state index in [-0.39, 0.29) is 0 Å². The lowest BCUT2D eigenvalue weighted by Gasteiger charge is -2.00. The highest BCUT2D eigenvalue weighted by Gasteiger charge is 2.64. The van der Waals surface area contributed by atoms with Crippen LogP contribution in [0.25, 0.3) is 0 Å². The molecule has 0 aromatic rings. The van der Waals surface area contributed by atoms with Crippen molar-refractivity contribution in [3.63, 3.8) is 0 Å². The first-order valence-corrected chi connectivity index (χ1v) is 4.99. The molecule has 0 spiro atoms. The van der Waals surface area contributed by atoms with Crippen molar-refractivity contribution in [2.75, 3.05) is 21.3 Å². The van der Waals surface area contributed by atoms with Gasteiger partial charge in [0.25, 0.3) is 0 Å². The zero-order valence-electron chi connectivity index (χ0n) is 10.1. The van der Waals surface area contributed by atoms with Gasteiger partial charge in [0.15, 0.2) is 5.71 Å². The van der Waals surface area contributed by atoms with Crippen molar-refractivity contribution in [1.82, 2.24) is 0 Å². The van der Waals surface area contributed by atoms with Gasteiger partial charge in [-0.05, 0) is 0 Å². The second kappa shape index (κ2) is 5.48.